The number of nitrogens with zero attached hydrogens (tertiary/aromatic N) is 4. The summed E-state index contributed by atoms with van der Waals surface area (Å²) < 4.78 is 0. The van der Waals surface area contributed by atoms with Gasteiger partial charge in [0.2, 0.25) is 5.91 Å². The van der Waals surface area contributed by atoms with E-state index in [-0.39, 0.29) is 18.0 Å². The van der Waals surface area contributed by atoms with Crippen LogP contribution in [0.5, 0.6) is 0 Å². The summed E-state index contributed by atoms with van der Waals surface area (Å²) in [6.45, 7) is 9.95. The molecule has 0 aliphatic heterocycles. The molecule has 0 saturated heterocycles. The van der Waals surface area contributed by atoms with Crippen LogP contribution in [0.1, 0.15) is 44.3 Å². The number of carbonyl (C=O) groups excluding carboxylic acids is 1. The monoisotopic (exact) mass is 329 g/mol. The number of hydrogen-bond donors (Lipinski definition) is 1. The molecule has 6 nitrogen and oxygen atoms in total. The summed E-state index contributed by atoms with van der Waals surface area (Å²) >= 11 is 0. The van der Waals surface area contributed by atoms with Crippen LogP contribution in [0.15, 0.2) is 17.6 Å². The number of carbonyl (C=O) groups is 1. The van der Waals surface area contributed by atoms with Crippen molar-refractivity contribution in [1.82, 2.24) is 15.3 Å². The molecule has 1 aromatic rings. The molecule has 1 amide bonds. The molecule has 0 spiro atoms. The van der Waals surface area contributed by atoms with Gasteiger partial charge in [0.05, 0.1) is 6.54 Å². The van der Waals surface area contributed by atoms with Crippen molar-refractivity contribution in [2.75, 3.05) is 25.5 Å². The minimum absolute atomic E-state index is 0.0231. The molecule has 130 valence electrons. The first-order valence-electron chi connectivity index (χ1n) is 8.26. The Morgan fingerprint density at radius 2 is 2.08 bits per heavy atom. The van der Waals surface area contributed by atoms with E-state index in [4.69, 9.17) is 0 Å². The number of allylic oxidation sites excluding steroid dienone is 1. The van der Waals surface area contributed by atoms with E-state index < -0.39 is 0 Å². The Labute approximate surface area is 144 Å². The number of rotatable bonds is 5. The van der Waals surface area contributed by atoms with E-state index >= 15 is 0 Å². The fraction of sp³-hybridized carbons (Fsp3) is 0.556. The topological polar surface area (TPSA) is 70.5 Å². The molecule has 0 radical (unpaired) electrons. The zero-order valence-electron chi connectivity index (χ0n) is 15.3. The molecular weight excluding hydrogens is 302 g/mol. The van der Waals surface area contributed by atoms with Crippen LogP contribution in [0.4, 0.5) is 5.82 Å². The molecule has 0 aromatic carbocycles. The smallest absolute Gasteiger partial charge is 0.239 e. The Morgan fingerprint density at radius 1 is 1.38 bits per heavy atom. The summed E-state index contributed by atoms with van der Waals surface area (Å²) in [5.74, 6) is 1.37. The lowest BCUT2D eigenvalue weighted by atomic mass is 10.1. The second-order valence-electron chi connectivity index (χ2n) is 7.12. The largest absolute Gasteiger partial charge is 0.350 e. The Kier molecular flexibility index (Phi) is 5.36. The van der Waals surface area contributed by atoms with Gasteiger partial charge in [-0.05, 0) is 46.1 Å². The maximum Gasteiger partial charge on any atom is 0.239 e. The van der Waals surface area contributed by atoms with Gasteiger partial charge in [-0.25, -0.2) is 9.97 Å². The molecule has 24 heavy (non-hydrogen) atoms. The predicted octanol–water partition coefficient (Wildman–Crippen LogP) is 1.92. The summed E-state index contributed by atoms with van der Waals surface area (Å²) in [7, 11) is 3.59. The number of hydrogen-bond acceptors (Lipinski definition) is 5. The van der Waals surface area contributed by atoms with Gasteiger partial charge in [-0.2, -0.15) is 0 Å². The lowest BCUT2D eigenvalue weighted by Crippen LogP contribution is -2.45. The maximum absolute atomic E-state index is 12.2. The predicted molar refractivity (Wildman–Crippen MR) is 97.9 cm³/mol. The maximum atomic E-state index is 12.2. The van der Waals surface area contributed by atoms with Crippen LogP contribution in [-0.2, 0) is 17.6 Å². The van der Waals surface area contributed by atoms with Gasteiger partial charge in [-0.3, -0.25) is 9.79 Å². The number of aryl methyl sites for hydroxylation is 1. The van der Waals surface area contributed by atoms with Crippen molar-refractivity contribution < 1.29 is 4.79 Å². The van der Waals surface area contributed by atoms with E-state index in [9.17, 15) is 4.79 Å². The van der Waals surface area contributed by atoms with Crippen LogP contribution in [0.3, 0.4) is 0 Å². The number of likely N-dealkylation sites (N-methyl/N-ethyl adjacent to an activating group) is 1. The number of amides is 1. The number of aliphatic imine (C=N–C) groups is 1. The molecule has 0 unspecified atom stereocenters. The summed E-state index contributed by atoms with van der Waals surface area (Å²) in [6, 6.07) is 0. The lowest BCUT2D eigenvalue weighted by Gasteiger charge is -2.25. The van der Waals surface area contributed by atoms with Crippen molar-refractivity contribution in [1.29, 1.82) is 0 Å². The highest BCUT2D eigenvalue weighted by Gasteiger charge is 2.24. The molecule has 1 heterocycles. The van der Waals surface area contributed by atoms with Gasteiger partial charge in [-0.15, -0.1) is 0 Å². The molecule has 0 bridgehead atoms. The quantitative estimate of drug-likeness (QED) is 0.838. The molecule has 2 rings (SSSR count). The first kappa shape index (κ1) is 18.1. The zero-order valence-corrected chi connectivity index (χ0v) is 15.3. The molecule has 1 aliphatic carbocycles. The van der Waals surface area contributed by atoms with Crippen LogP contribution in [0.25, 0.3) is 0 Å². The summed E-state index contributed by atoms with van der Waals surface area (Å²) in [5.41, 5.74) is 2.62. The van der Waals surface area contributed by atoms with Gasteiger partial charge in [0.25, 0.3) is 0 Å². The summed E-state index contributed by atoms with van der Waals surface area (Å²) in [4.78, 5) is 27.6. The highest BCUT2D eigenvalue weighted by atomic mass is 16.2. The third-order valence-corrected chi connectivity index (χ3v) is 3.83. The molecule has 0 fully saturated rings. The van der Waals surface area contributed by atoms with Crippen LogP contribution in [-0.4, -0.2) is 47.8 Å². The molecular formula is C18H27N5O. The van der Waals surface area contributed by atoms with Crippen LogP contribution < -0.4 is 10.2 Å². The second kappa shape index (κ2) is 7.11. The SMILES string of the molecule is C=CC(=NC)c1nc2c(c(N(C)CC(=O)NC(C)(C)C)n1)CCC2. The Balaban J connectivity index is 2.31. The van der Waals surface area contributed by atoms with Gasteiger partial charge in [-0.1, -0.05) is 6.58 Å². The van der Waals surface area contributed by atoms with Gasteiger partial charge in [0, 0.05) is 30.9 Å². The van der Waals surface area contributed by atoms with E-state index in [2.05, 4.69) is 26.9 Å². The number of anilines is 1. The first-order valence-corrected chi connectivity index (χ1v) is 8.26. The van der Waals surface area contributed by atoms with Gasteiger partial charge < -0.3 is 10.2 Å². The molecule has 1 aromatic heterocycles. The van der Waals surface area contributed by atoms with Crippen molar-refractivity contribution in [3.8, 4) is 0 Å². The zero-order chi connectivity index (χ0) is 17.9. The fourth-order valence-electron chi connectivity index (χ4n) is 2.87. The van der Waals surface area contributed by atoms with Crippen molar-refractivity contribution in [2.24, 2.45) is 4.99 Å². The average molecular weight is 329 g/mol. The van der Waals surface area contributed by atoms with Crippen molar-refractivity contribution >= 4 is 17.4 Å². The van der Waals surface area contributed by atoms with Crippen molar-refractivity contribution in [3.05, 3.63) is 29.7 Å². The molecule has 1 aliphatic rings. The second-order valence-corrected chi connectivity index (χ2v) is 7.12. The van der Waals surface area contributed by atoms with E-state index in [1.54, 1.807) is 13.1 Å². The first-order chi connectivity index (χ1) is 11.2. The molecule has 0 atom stereocenters. The van der Waals surface area contributed by atoms with E-state index in [1.165, 1.54) is 0 Å². The Morgan fingerprint density at radius 3 is 2.67 bits per heavy atom. The van der Waals surface area contributed by atoms with E-state index in [0.717, 1.165) is 36.3 Å². The van der Waals surface area contributed by atoms with Gasteiger partial charge in [0.15, 0.2) is 5.82 Å². The van der Waals surface area contributed by atoms with E-state index in [1.807, 2.05) is 32.7 Å². The van der Waals surface area contributed by atoms with Crippen LogP contribution in [0.2, 0.25) is 0 Å². The standard InChI is InChI=1S/C18H27N5O/c1-7-13(19-5)16-20-14-10-8-9-12(14)17(21-16)23(6)11-15(24)22-18(2,3)4/h7H,1,8-11H2,2-6H3,(H,22,24). The molecule has 1 N–H and O–H groups in total. The lowest BCUT2D eigenvalue weighted by molar-refractivity contribution is -0.121. The number of aromatic nitrogens is 2. The number of nitrogens with one attached hydrogen (secondary N) is 1. The van der Waals surface area contributed by atoms with Crippen LogP contribution in [0, 0.1) is 0 Å². The minimum atomic E-state index is -0.248. The van der Waals surface area contributed by atoms with E-state index in [0.29, 0.717) is 11.5 Å². The third kappa shape index (κ3) is 4.19. The number of fused-ring (bicyclic) bond motifs is 1. The van der Waals surface area contributed by atoms with Crippen molar-refractivity contribution in [2.45, 2.75) is 45.6 Å². The van der Waals surface area contributed by atoms with Gasteiger partial charge >= 0.3 is 0 Å². The molecule has 0 saturated carbocycles. The average Bonchev–Trinajstić information content (AvgIpc) is 2.93. The summed E-state index contributed by atoms with van der Waals surface area (Å²) in [6.07, 6.45) is 4.61. The molecule has 6 heteroatoms. The summed E-state index contributed by atoms with van der Waals surface area (Å²) in [5, 5.41) is 2.98. The Hall–Kier alpha value is -2.24. The van der Waals surface area contributed by atoms with Gasteiger partial charge in [0.1, 0.15) is 11.5 Å². The highest BCUT2D eigenvalue weighted by Crippen LogP contribution is 2.28. The highest BCUT2D eigenvalue weighted by molar-refractivity contribution is 6.05. The van der Waals surface area contributed by atoms with Crippen molar-refractivity contribution in [3.63, 3.8) is 0 Å². The minimum Gasteiger partial charge on any atom is -0.350 e. The Bertz CT molecular complexity index is 673. The third-order valence-electron chi connectivity index (χ3n) is 3.83. The van der Waals surface area contributed by atoms with Crippen LogP contribution >= 0.6 is 0 Å². The fourth-order valence-corrected chi connectivity index (χ4v) is 2.87. The normalized spacial score (nSPS) is 14.3.